The highest BCUT2D eigenvalue weighted by Crippen LogP contribution is 2.19. The standard InChI is InChI=1S/C12H21N3O/c1-4-15-8-9(2)13-12(15)14-10(3)11-6-5-7-16-11/h8,10-11H,4-7H2,1-3H3,(H,13,14). The second-order valence-electron chi connectivity index (χ2n) is 4.48. The van der Waals surface area contributed by atoms with E-state index in [1.165, 1.54) is 6.42 Å². The zero-order valence-corrected chi connectivity index (χ0v) is 10.4. The second-order valence-corrected chi connectivity index (χ2v) is 4.48. The molecule has 1 aromatic heterocycles. The Morgan fingerprint density at radius 3 is 3.12 bits per heavy atom. The minimum absolute atomic E-state index is 0.328. The summed E-state index contributed by atoms with van der Waals surface area (Å²) in [4.78, 5) is 4.49. The average molecular weight is 223 g/mol. The molecule has 0 bridgehead atoms. The predicted octanol–water partition coefficient (Wildman–Crippen LogP) is 2.19. The van der Waals surface area contributed by atoms with Crippen LogP contribution in [0.2, 0.25) is 0 Å². The SMILES string of the molecule is CCn1cc(C)nc1NC(C)C1CCCO1. The Morgan fingerprint density at radius 1 is 1.69 bits per heavy atom. The highest BCUT2D eigenvalue weighted by Gasteiger charge is 2.23. The van der Waals surface area contributed by atoms with Crippen molar-refractivity contribution in [3.63, 3.8) is 0 Å². The van der Waals surface area contributed by atoms with Crippen LogP contribution >= 0.6 is 0 Å². The van der Waals surface area contributed by atoms with Crippen LogP contribution in [-0.4, -0.2) is 28.3 Å². The summed E-state index contributed by atoms with van der Waals surface area (Å²) in [5.74, 6) is 0.961. The van der Waals surface area contributed by atoms with Gasteiger partial charge in [0, 0.05) is 19.3 Å². The van der Waals surface area contributed by atoms with Gasteiger partial charge in [0.25, 0.3) is 0 Å². The van der Waals surface area contributed by atoms with Gasteiger partial charge in [-0.15, -0.1) is 0 Å². The number of hydrogen-bond acceptors (Lipinski definition) is 3. The van der Waals surface area contributed by atoms with Crippen molar-refractivity contribution >= 4 is 5.95 Å². The van der Waals surface area contributed by atoms with E-state index in [-0.39, 0.29) is 0 Å². The number of rotatable bonds is 4. The van der Waals surface area contributed by atoms with E-state index in [1.54, 1.807) is 0 Å². The lowest BCUT2D eigenvalue weighted by Crippen LogP contribution is -2.31. The Hall–Kier alpha value is -1.03. The van der Waals surface area contributed by atoms with Crippen LogP contribution in [0.1, 0.15) is 32.4 Å². The van der Waals surface area contributed by atoms with Crippen molar-refractivity contribution in [3.05, 3.63) is 11.9 Å². The molecule has 1 aliphatic rings. The van der Waals surface area contributed by atoms with Crippen LogP contribution in [-0.2, 0) is 11.3 Å². The Morgan fingerprint density at radius 2 is 2.50 bits per heavy atom. The van der Waals surface area contributed by atoms with Gasteiger partial charge >= 0.3 is 0 Å². The zero-order valence-electron chi connectivity index (χ0n) is 10.4. The maximum Gasteiger partial charge on any atom is 0.203 e. The van der Waals surface area contributed by atoms with E-state index in [4.69, 9.17) is 4.74 Å². The zero-order chi connectivity index (χ0) is 11.5. The number of hydrogen-bond donors (Lipinski definition) is 1. The first-order valence-electron chi connectivity index (χ1n) is 6.12. The maximum atomic E-state index is 5.67. The van der Waals surface area contributed by atoms with Crippen molar-refractivity contribution in [2.45, 2.75) is 52.3 Å². The number of anilines is 1. The summed E-state index contributed by atoms with van der Waals surface area (Å²) in [7, 11) is 0. The minimum atomic E-state index is 0.328. The van der Waals surface area contributed by atoms with Crippen molar-refractivity contribution in [2.24, 2.45) is 0 Å². The number of nitrogens with one attached hydrogen (secondary N) is 1. The largest absolute Gasteiger partial charge is 0.376 e. The maximum absolute atomic E-state index is 5.67. The number of imidazole rings is 1. The summed E-state index contributed by atoms with van der Waals surface area (Å²) < 4.78 is 7.81. The molecule has 0 saturated carbocycles. The predicted molar refractivity (Wildman–Crippen MR) is 64.7 cm³/mol. The van der Waals surface area contributed by atoms with E-state index < -0.39 is 0 Å². The van der Waals surface area contributed by atoms with E-state index in [0.29, 0.717) is 12.1 Å². The van der Waals surface area contributed by atoms with Crippen LogP contribution in [0.3, 0.4) is 0 Å². The number of ether oxygens (including phenoxy) is 1. The molecule has 0 radical (unpaired) electrons. The van der Waals surface area contributed by atoms with Gasteiger partial charge in [0.2, 0.25) is 5.95 Å². The molecule has 90 valence electrons. The molecule has 1 aromatic rings. The molecule has 1 fully saturated rings. The summed E-state index contributed by atoms with van der Waals surface area (Å²) >= 11 is 0. The summed E-state index contributed by atoms with van der Waals surface area (Å²) in [5.41, 5.74) is 1.06. The molecule has 2 unspecified atom stereocenters. The topological polar surface area (TPSA) is 39.1 Å². The van der Waals surface area contributed by atoms with Crippen molar-refractivity contribution in [1.82, 2.24) is 9.55 Å². The van der Waals surface area contributed by atoms with Gasteiger partial charge in [-0.3, -0.25) is 0 Å². The van der Waals surface area contributed by atoms with Gasteiger partial charge in [-0.05, 0) is 33.6 Å². The Labute approximate surface area is 97.0 Å². The van der Waals surface area contributed by atoms with E-state index in [0.717, 1.165) is 31.2 Å². The first-order valence-corrected chi connectivity index (χ1v) is 6.12. The molecule has 1 saturated heterocycles. The molecular formula is C12H21N3O. The Bertz CT molecular complexity index is 342. The van der Waals surface area contributed by atoms with E-state index >= 15 is 0 Å². The molecule has 16 heavy (non-hydrogen) atoms. The summed E-state index contributed by atoms with van der Waals surface area (Å²) in [6.07, 6.45) is 4.74. The van der Waals surface area contributed by atoms with Gasteiger partial charge in [0.1, 0.15) is 0 Å². The lowest BCUT2D eigenvalue weighted by atomic mass is 10.1. The van der Waals surface area contributed by atoms with Crippen molar-refractivity contribution in [3.8, 4) is 0 Å². The molecule has 2 atom stereocenters. The third-order valence-corrected chi connectivity index (χ3v) is 3.12. The van der Waals surface area contributed by atoms with E-state index in [9.17, 15) is 0 Å². The molecule has 2 heterocycles. The third kappa shape index (κ3) is 2.38. The molecule has 1 N–H and O–H groups in total. The molecule has 4 heteroatoms. The monoisotopic (exact) mass is 223 g/mol. The molecule has 0 spiro atoms. The van der Waals surface area contributed by atoms with Crippen molar-refractivity contribution in [1.29, 1.82) is 0 Å². The quantitative estimate of drug-likeness (QED) is 0.850. The van der Waals surface area contributed by atoms with Crippen molar-refractivity contribution < 1.29 is 4.74 Å². The van der Waals surface area contributed by atoms with E-state index in [1.807, 2.05) is 6.92 Å². The van der Waals surface area contributed by atoms with Crippen LogP contribution in [0.25, 0.3) is 0 Å². The fraction of sp³-hybridized carbons (Fsp3) is 0.750. The summed E-state index contributed by atoms with van der Waals surface area (Å²) in [6.45, 7) is 8.16. The normalized spacial score (nSPS) is 22.3. The number of aryl methyl sites for hydroxylation is 2. The molecule has 0 aliphatic carbocycles. The van der Waals surface area contributed by atoms with Gasteiger partial charge < -0.3 is 14.6 Å². The summed E-state index contributed by atoms with van der Waals surface area (Å²) in [6, 6.07) is 0.328. The molecule has 4 nitrogen and oxygen atoms in total. The number of aromatic nitrogens is 2. The molecule has 0 amide bonds. The van der Waals surface area contributed by atoms with Crippen molar-refractivity contribution in [2.75, 3.05) is 11.9 Å². The van der Waals surface area contributed by atoms with Gasteiger partial charge in [0.05, 0.1) is 17.8 Å². The van der Waals surface area contributed by atoms with Gasteiger partial charge in [-0.1, -0.05) is 0 Å². The first-order chi connectivity index (χ1) is 7.70. The van der Waals surface area contributed by atoms with Gasteiger partial charge in [0.15, 0.2) is 0 Å². The highest BCUT2D eigenvalue weighted by molar-refractivity contribution is 5.30. The molecule has 1 aliphatic heterocycles. The van der Waals surface area contributed by atoms with Crippen LogP contribution in [0, 0.1) is 6.92 Å². The average Bonchev–Trinajstić information content (AvgIpc) is 2.87. The smallest absolute Gasteiger partial charge is 0.203 e. The number of nitrogens with zero attached hydrogens (tertiary/aromatic N) is 2. The third-order valence-electron chi connectivity index (χ3n) is 3.12. The lowest BCUT2D eigenvalue weighted by molar-refractivity contribution is 0.0994. The van der Waals surface area contributed by atoms with Gasteiger partial charge in [-0.25, -0.2) is 4.98 Å². The van der Waals surface area contributed by atoms with Crippen LogP contribution in [0.5, 0.6) is 0 Å². The Kier molecular flexibility index (Phi) is 3.49. The van der Waals surface area contributed by atoms with Crippen LogP contribution < -0.4 is 5.32 Å². The molecular weight excluding hydrogens is 202 g/mol. The molecule has 0 aromatic carbocycles. The summed E-state index contributed by atoms with van der Waals surface area (Å²) in [5, 5.41) is 3.45. The fourth-order valence-electron chi connectivity index (χ4n) is 2.20. The molecule has 2 rings (SSSR count). The van der Waals surface area contributed by atoms with Crippen LogP contribution in [0.15, 0.2) is 6.20 Å². The van der Waals surface area contributed by atoms with Gasteiger partial charge in [-0.2, -0.15) is 0 Å². The first kappa shape index (κ1) is 11.5. The van der Waals surface area contributed by atoms with Crippen LogP contribution in [0.4, 0.5) is 5.95 Å². The highest BCUT2D eigenvalue weighted by atomic mass is 16.5. The minimum Gasteiger partial charge on any atom is -0.376 e. The Balaban J connectivity index is 2.01. The second kappa shape index (κ2) is 4.87. The lowest BCUT2D eigenvalue weighted by Gasteiger charge is -2.20. The van der Waals surface area contributed by atoms with E-state index in [2.05, 4.69) is 34.9 Å². The fourth-order valence-corrected chi connectivity index (χ4v) is 2.20.